The Kier molecular flexibility index (Phi) is 5.66. The van der Waals surface area contributed by atoms with Gasteiger partial charge in [-0.15, -0.1) is 0 Å². The van der Waals surface area contributed by atoms with Crippen molar-refractivity contribution in [1.82, 2.24) is 0 Å². The van der Waals surface area contributed by atoms with Gasteiger partial charge in [-0.25, -0.2) is 0 Å². The Morgan fingerprint density at radius 3 is 2.83 bits per heavy atom. The maximum absolute atomic E-state index is 8.93. The molecule has 1 aromatic carbocycles. The third-order valence-corrected chi connectivity index (χ3v) is 2.69. The van der Waals surface area contributed by atoms with Crippen LogP contribution in [0.2, 0.25) is 0 Å². The van der Waals surface area contributed by atoms with Crippen LogP contribution in [0, 0.1) is 17.2 Å². The number of benzene rings is 1. The largest absolute Gasteiger partial charge is 0.492 e. The van der Waals surface area contributed by atoms with Crippen LogP contribution in [0.3, 0.4) is 0 Å². The van der Waals surface area contributed by atoms with E-state index in [4.69, 9.17) is 10.00 Å². The third-order valence-electron chi connectivity index (χ3n) is 2.20. The number of rotatable bonds is 5. The zero-order chi connectivity index (χ0) is 13.5. The van der Waals surface area contributed by atoms with E-state index in [1.54, 1.807) is 0 Å². The molecule has 0 aromatic heterocycles. The molecule has 0 fully saturated rings. The topological polar surface area (TPSA) is 57.4 Å². The van der Waals surface area contributed by atoms with E-state index < -0.39 is 0 Å². The van der Waals surface area contributed by atoms with Crippen LogP contribution in [-0.4, -0.2) is 12.3 Å². The first-order valence-electron chi connectivity index (χ1n) is 5.74. The molecule has 4 nitrogen and oxygen atoms in total. The Morgan fingerprint density at radius 2 is 2.28 bits per heavy atom. The second-order valence-corrected chi connectivity index (χ2v) is 4.86. The molecule has 0 heterocycles. The maximum Gasteiger partial charge on any atom is 0.145 e. The minimum atomic E-state index is 0.0912. The summed E-state index contributed by atoms with van der Waals surface area (Å²) >= 11 is 3.39. The minimum absolute atomic E-state index is 0.0912. The molecule has 18 heavy (non-hydrogen) atoms. The highest BCUT2D eigenvalue weighted by Gasteiger charge is 2.06. The molecule has 1 N–H and O–H groups in total. The summed E-state index contributed by atoms with van der Waals surface area (Å²) < 4.78 is 6.43. The average Bonchev–Trinajstić information content (AvgIpc) is 2.32. The quantitative estimate of drug-likeness (QED) is 0.665. The number of hydrogen-bond acceptors (Lipinski definition) is 4. The summed E-state index contributed by atoms with van der Waals surface area (Å²) in [5, 5.41) is 13.0. The molecule has 1 aromatic rings. The highest BCUT2D eigenvalue weighted by Crippen LogP contribution is 2.28. The fraction of sp³-hybridized carbons (Fsp3) is 0.385. The smallest absolute Gasteiger partial charge is 0.145 e. The third kappa shape index (κ3) is 4.04. The second-order valence-electron chi connectivity index (χ2n) is 3.95. The highest BCUT2D eigenvalue weighted by atomic mass is 79.9. The molecule has 0 aliphatic rings. The van der Waals surface area contributed by atoms with Crippen molar-refractivity contribution >= 4 is 27.3 Å². The summed E-state index contributed by atoms with van der Waals surface area (Å²) in [6.07, 6.45) is 0. The van der Waals surface area contributed by atoms with Gasteiger partial charge in [-0.2, -0.15) is 10.4 Å². The van der Waals surface area contributed by atoms with Crippen LogP contribution >= 0.6 is 15.9 Å². The van der Waals surface area contributed by atoms with E-state index in [2.05, 4.69) is 32.5 Å². The Bertz CT molecular complexity index is 478. The fourth-order valence-corrected chi connectivity index (χ4v) is 1.61. The zero-order valence-corrected chi connectivity index (χ0v) is 12.3. The molecular weight excluding hydrogens is 294 g/mol. The van der Waals surface area contributed by atoms with Gasteiger partial charge in [0.25, 0.3) is 0 Å². The molecule has 0 radical (unpaired) electrons. The van der Waals surface area contributed by atoms with E-state index >= 15 is 0 Å². The molecular formula is C13H16BrN3O. The average molecular weight is 310 g/mol. The highest BCUT2D eigenvalue weighted by molar-refractivity contribution is 9.10. The first kappa shape index (κ1) is 14.5. The Morgan fingerprint density at radius 1 is 1.56 bits per heavy atom. The van der Waals surface area contributed by atoms with Crippen molar-refractivity contribution < 1.29 is 4.74 Å². The van der Waals surface area contributed by atoms with E-state index in [9.17, 15) is 0 Å². The van der Waals surface area contributed by atoms with Crippen LogP contribution in [0.1, 0.15) is 20.8 Å². The molecule has 5 heteroatoms. The Labute approximate surface area is 116 Å². The van der Waals surface area contributed by atoms with Crippen LogP contribution in [0.5, 0.6) is 5.75 Å². The van der Waals surface area contributed by atoms with Crippen molar-refractivity contribution in [1.29, 1.82) is 5.26 Å². The Hall–Kier alpha value is -1.54. The SMILES string of the molecule is CCOc1cc(Br)ccc1N/N=C(\C#N)C(C)C. The van der Waals surface area contributed by atoms with Crippen molar-refractivity contribution in [3.05, 3.63) is 22.7 Å². The molecule has 0 aliphatic heterocycles. The van der Waals surface area contributed by atoms with Gasteiger partial charge in [0, 0.05) is 10.4 Å². The van der Waals surface area contributed by atoms with Crippen molar-refractivity contribution in [2.24, 2.45) is 11.0 Å². The number of halogens is 1. The van der Waals surface area contributed by atoms with Gasteiger partial charge in [0.1, 0.15) is 17.5 Å². The van der Waals surface area contributed by atoms with E-state index in [1.807, 2.05) is 39.0 Å². The first-order valence-corrected chi connectivity index (χ1v) is 6.53. The van der Waals surface area contributed by atoms with Crippen LogP contribution in [0.25, 0.3) is 0 Å². The molecule has 0 aliphatic carbocycles. The predicted molar refractivity (Wildman–Crippen MR) is 76.8 cm³/mol. The molecule has 0 spiro atoms. The number of nitriles is 1. The second kappa shape index (κ2) is 7.02. The van der Waals surface area contributed by atoms with E-state index in [0.717, 1.165) is 10.2 Å². The minimum Gasteiger partial charge on any atom is -0.492 e. The summed E-state index contributed by atoms with van der Waals surface area (Å²) in [7, 11) is 0. The van der Waals surface area contributed by atoms with Crippen LogP contribution < -0.4 is 10.2 Å². The monoisotopic (exact) mass is 309 g/mol. The van der Waals surface area contributed by atoms with Gasteiger partial charge >= 0.3 is 0 Å². The van der Waals surface area contributed by atoms with Gasteiger partial charge in [0.05, 0.1) is 12.3 Å². The summed E-state index contributed by atoms with van der Waals surface area (Å²) in [6, 6.07) is 7.68. The van der Waals surface area contributed by atoms with Gasteiger partial charge in [-0.3, -0.25) is 5.43 Å². The van der Waals surface area contributed by atoms with Gasteiger partial charge in [0.15, 0.2) is 0 Å². The summed E-state index contributed by atoms with van der Waals surface area (Å²) in [4.78, 5) is 0. The zero-order valence-electron chi connectivity index (χ0n) is 10.7. The van der Waals surface area contributed by atoms with Gasteiger partial charge in [0.2, 0.25) is 0 Å². The summed E-state index contributed by atoms with van der Waals surface area (Å²) in [5.41, 5.74) is 4.08. The number of nitrogens with zero attached hydrogens (tertiary/aromatic N) is 2. The summed E-state index contributed by atoms with van der Waals surface area (Å²) in [5.74, 6) is 0.796. The summed E-state index contributed by atoms with van der Waals surface area (Å²) in [6.45, 7) is 6.34. The maximum atomic E-state index is 8.93. The lowest BCUT2D eigenvalue weighted by Gasteiger charge is -2.10. The normalized spacial score (nSPS) is 11.2. The number of nitrogens with one attached hydrogen (secondary N) is 1. The van der Waals surface area contributed by atoms with E-state index in [1.165, 1.54) is 0 Å². The molecule has 96 valence electrons. The molecule has 0 atom stereocenters. The molecule has 0 bridgehead atoms. The first-order chi connectivity index (χ1) is 8.58. The van der Waals surface area contributed by atoms with E-state index in [-0.39, 0.29) is 5.92 Å². The number of ether oxygens (including phenoxy) is 1. The van der Waals surface area contributed by atoms with Crippen LogP contribution in [-0.2, 0) is 0 Å². The number of anilines is 1. The van der Waals surface area contributed by atoms with Crippen molar-refractivity contribution in [2.75, 3.05) is 12.0 Å². The molecule has 0 saturated carbocycles. The standard InChI is InChI=1S/C13H16BrN3O/c1-4-18-13-7-10(14)5-6-11(13)16-17-12(8-15)9(2)3/h5-7,9,16H,4H2,1-3H3/b17-12+. The molecule has 1 rings (SSSR count). The Balaban J connectivity index is 2.94. The lowest BCUT2D eigenvalue weighted by Crippen LogP contribution is -2.07. The lowest BCUT2D eigenvalue weighted by atomic mass is 10.1. The van der Waals surface area contributed by atoms with Gasteiger partial charge < -0.3 is 4.74 Å². The predicted octanol–water partition coefficient (Wildman–Crippen LogP) is 3.80. The molecule has 0 unspecified atom stereocenters. The number of hydrazone groups is 1. The van der Waals surface area contributed by atoms with Crippen LogP contribution in [0.4, 0.5) is 5.69 Å². The fourth-order valence-electron chi connectivity index (χ4n) is 1.27. The van der Waals surface area contributed by atoms with E-state index in [0.29, 0.717) is 18.1 Å². The van der Waals surface area contributed by atoms with Crippen molar-refractivity contribution in [3.63, 3.8) is 0 Å². The number of hydrogen-bond donors (Lipinski definition) is 1. The van der Waals surface area contributed by atoms with Crippen LogP contribution in [0.15, 0.2) is 27.8 Å². The lowest BCUT2D eigenvalue weighted by molar-refractivity contribution is 0.341. The van der Waals surface area contributed by atoms with Gasteiger partial charge in [-0.1, -0.05) is 29.8 Å². The van der Waals surface area contributed by atoms with Gasteiger partial charge in [-0.05, 0) is 25.1 Å². The van der Waals surface area contributed by atoms with Crippen molar-refractivity contribution in [3.8, 4) is 11.8 Å². The molecule has 0 saturated heterocycles. The molecule has 0 amide bonds. The van der Waals surface area contributed by atoms with Crippen molar-refractivity contribution in [2.45, 2.75) is 20.8 Å².